The molecule has 6 atom stereocenters. The summed E-state index contributed by atoms with van der Waals surface area (Å²) in [4.78, 5) is 28.6. The molecule has 0 radical (unpaired) electrons. The van der Waals surface area contributed by atoms with Gasteiger partial charge in [0.2, 0.25) is 0 Å². The van der Waals surface area contributed by atoms with Crippen molar-refractivity contribution in [3.05, 3.63) is 53.1 Å². The highest BCUT2D eigenvalue weighted by atomic mass is 31.2. The number of halogens is 1. The average molecular weight is 571 g/mol. The number of carbonyl (C=O) groups is 1. The average Bonchev–Trinajstić information content (AvgIpc) is 3.10. The van der Waals surface area contributed by atoms with Crippen LogP contribution < -0.4 is 21.7 Å². The zero-order valence-electron chi connectivity index (χ0n) is 22.5. The van der Waals surface area contributed by atoms with Crippen molar-refractivity contribution in [3.8, 4) is 5.75 Å². The third kappa shape index (κ3) is 6.85. The second-order valence-corrected chi connectivity index (χ2v) is 12.4. The van der Waals surface area contributed by atoms with E-state index in [1.165, 1.54) is 33.0 Å². The lowest BCUT2D eigenvalue weighted by Crippen LogP contribution is -2.59. The molecule has 0 spiro atoms. The number of aliphatic hydroxyl groups excluding tert-OH is 1. The van der Waals surface area contributed by atoms with Crippen LogP contribution in [0.2, 0.25) is 0 Å². The van der Waals surface area contributed by atoms with E-state index >= 15 is 0 Å². The Hall–Kier alpha value is -2.83. The number of carbonyl (C=O) groups excluding carboxylic acids is 1. The fourth-order valence-electron chi connectivity index (χ4n) is 4.29. The smallest absolute Gasteiger partial charge is 0.380 e. The maximum Gasteiger partial charge on any atom is 0.380 e. The van der Waals surface area contributed by atoms with E-state index < -0.39 is 67.5 Å². The molecule has 1 aromatic heterocycles. The van der Waals surface area contributed by atoms with Crippen molar-refractivity contribution in [3.63, 3.8) is 0 Å². The Morgan fingerprint density at radius 2 is 1.92 bits per heavy atom. The molecule has 3 rings (SSSR count). The molecule has 5 N–H and O–H groups in total. The fraction of sp³-hybridized carbons (Fsp3) is 0.560. The minimum atomic E-state index is -4.18. The molecule has 216 valence electrons. The van der Waals surface area contributed by atoms with E-state index in [-0.39, 0.29) is 17.7 Å². The molecule has 14 heteroatoms. The molecular formula is C25H36FN4O8P. The van der Waals surface area contributed by atoms with Gasteiger partial charge in [-0.15, -0.1) is 0 Å². The monoisotopic (exact) mass is 570 g/mol. The van der Waals surface area contributed by atoms with Crippen molar-refractivity contribution < 1.29 is 37.4 Å². The first-order valence-electron chi connectivity index (χ1n) is 12.4. The highest BCUT2D eigenvalue weighted by Gasteiger charge is 2.61. The zero-order chi connectivity index (χ0) is 29.2. The lowest BCUT2D eigenvalue weighted by atomic mass is 9.86. The number of hydrogen-bond donors (Lipinski definition) is 3. The van der Waals surface area contributed by atoms with E-state index in [0.29, 0.717) is 0 Å². The van der Waals surface area contributed by atoms with Crippen LogP contribution in [0.3, 0.4) is 0 Å². The number of nitrogens with two attached hydrogens (primary N) is 2. The van der Waals surface area contributed by atoms with Gasteiger partial charge in [-0.1, -0.05) is 25.1 Å². The Kier molecular flexibility index (Phi) is 9.24. The Morgan fingerprint density at radius 1 is 1.28 bits per heavy atom. The number of benzene rings is 1. The van der Waals surface area contributed by atoms with Crippen LogP contribution in [0.1, 0.15) is 40.8 Å². The maximum absolute atomic E-state index is 14.3. The zero-order valence-corrected chi connectivity index (χ0v) is 23.4. The summed E-state index contributed by atoms with van der Waals surface area (Å²) in [5.41, 5.74) is 7.20. The molecule has 1 saturated heterocycles. The third-order valence-electron chi connectivity index (χ3n) is 6.21. The first kappa shape index (κ1) is 30.7. The molecule has 2 aromatic rings. The van der Waals surface area contributed by atoms with Gasteiger partial charge in [0.1, 0.15) is 41.6 Å². The van der Waals surface area contributed by atoms with Crippen LogP contribution in [0, 0.1) is 5.92 Å². The Balaban J connectivity index is 1.95. The van der Waals surface area contributed by atoms with Gasteiger partial charge in [-0.25, -0.2) is 13.8 Å². The van der Waals surface area contributed by atoms with E-state index in [1.54, 1.807) is 44.2 Å². The van der Waals surface area contributed by atoms with Crippen LogP contribution in [-0.4, -0.2) is 62.9 Å². The van der Waals surface area contributed by atoms with E-state index in [9.17, 15) is 23.7 Å². The second kappa shape index (κ2) is 11.7. The van der Waals surface area contributed by atoms with Crippen LogP contribution in [0.4, 0.5) is 10.2 Å². The van der Waals surface area contributed by atoms with Crippen molar-refractivity contribution in [1.82, 2.24) is 9.55 Å². The predicted molar refractivity (Wildman–Crippen MR) is 141 cm³/mol. The van der Waals surface area contributed by atoms with Gasteiger partial charge < -0.3 is 30.6 Å². The summed E-state index contributed by atoms with van der Waals surface area (Å²) in [6, 6.07) is 9.48. The van der Waals surface area contributed by atoms with Crippen LogP contribution in [0.5, 0.6) is 5.75 Å². The van der Waals surface area contributed by atoms with E-state index in [0.717, 1.165) is 4.57 Å². The standard InChI is InChI=1S/C25H36FN4O8P/c1-15(2)35-21(32)16(3)13-39(34,37-17-9-7-6-8-10-17)38-24(4,5)20-19(31)25(28,14-26)22(36-20)30-12-11-18(27)29-23(30)33/h6-12,15-16,19-20,22,31H,13-14,28H2,1-5H3,(H2,27,29,33)/t16-,19+,20+,22-,25?,39+/m1/s1. The van der Waals surface area contributed by atoms with Gasteiger partial charge in [-0.2, -0.15) is 4.98 Å². The summed E-state index contributed by atoms with van der Waals surface area (Å²) in [7, 11) is -4.18. The molecular weight excluding hydrogens is 534 g/mol. The van der Waals surface area contributed by atoms with Gasteiger partial charge >= 0.3 is 19.3 Å². The lowest BCUT2D eigenvalue weighted by molar-refractivity contribution is -0.151. The molecule has 1 aliphatic heterocycles. The molecule has 2 heterocycles. The van der Waals surface area contributed by atoms with Crippen LogP contribution in [0.25, 0.3) is 0 Å². The normalized spacial score (nSPS) is 25.7. The quantitative estimate of drug-likeness (QED) is 0.267. The Bertz CT molecular complexity index is 1260. The van der Waals surface area contributed by atoms with Gasteiger partial charge in [0.25, 0.3) is 0 Å². The minimum absolute atomic E-state index is 0.0676. The fourth-order valence-corrected chi connectivity index (χ4v) is 6.56. The number of hydrogen-bond acceptors (Lipinski definition) is 11. The highest BCUT2D eigenvalue weighted by molar-refractivity contribution is 7.54. The number of aliphatic hydroxyl groups is 1. The second-order valence-electron chi connectivity index (χ2n) is 10.4. The van der Waals surface area contributed by atoms with Crippen LogP contribution in [0.15, 0.2) is 47.4 Å². The summed E-state index contributed by atoms with van der Waals surface area (Å²) in [6.45, 7) is 6.51. The molecule has 39 heavy (non-hydrogen) atoms. The van der Waals surface area contributed by atoms with Gasteiger partial charge in [0.15, 0.2) is 6.23 Å². The summed E-state index contributed by atoms with van der Waals surface area (Å²) >= 11 is 0. The lowest BCUT2D eigenvalue weighted by Gasteiger charge is -2.37. The van der Waals surface area contributed by atoms with Gasteiger partial charge in [-0.05, 0) is 45.9 Å². The van der Waals surface area contributed by atoms with Gasteiger partial charge in [-0.3, -0.25) is 13.9 Å². The SMILES string of the molecule is CC(C)OC(=O)[C@H](C)C[P@](=O)(Oc1ccccc1)OC(C)(C)[C@H]1O[C@@H](n2ccc(N)nc2=O)C(N)(CF)[C@H]1O. The molecule has 1 aromatic carbocycles. The topological polar surface area (TPSA) is 178 Å². The number of nitrogens with zero attached hydrogens (tertiary/aromatic N) is 2. The molecule has 1 unspecified atom stereocenters. The maximum atomic E-state index is 14.3. The molecule has 12 nitrogen and oxygen atoms in total. The van der Waals surface area contributed by atoms with Gasteiger partial charge in [0.05, 0.1) is 18.2 Å². The molecule has 0 aliphatic carbocycles. The molecule has 0 amide bonds. The number of rotatable bonds is 11. The van der Waals surface area contributed by atoms with Crippen molar-refractivity contribution in [2.75, 3.05) is 18.6 Å². The van der Waals surface area contributed by atoms with Gasteiger partial charge in [0, 0.05) is 6.20 Å². The number of para-hydroxylation sites is 1. The summed E-state index contributed by atoms with van der Waals surface area (Å²) < 4.78 is 52.4. The van der Waals surface area contributed by atoms with E-state index in [1.807, 2.05) is 0 Å². The van der Waals surface area contributed by atoms with Crippen LogP contribution in [-0.2, 0) is 23.4 Å². The summed E-state index contributed by atoms with van der Waals surface area (Å²) in [5.74, 6) is -1.35. The Morgan fingerprint density at radius 3 is 2.49 bits per heavy atom. The highest BCUT2D eigenvalue weighted by Crippen LogP contribution is 2.55. The summed E-state index contributed by atoms with van der Waals surface area (Å²) in [5, 5.41) is 11.1. The largest absolute Gasteiger partial charge is 0.463 e. The van der Waals surface area contributed by atoms with Crippen molar-refractivity contribution in [1.29, 1.82) is 0 Å². The molecule has 0 saturated carbocycles. The Labute approximate surface area is 225 Å². The van der Waals surface area contributed by atoms with E-state index in [4.69, 9.17) is 30.0 Å². The molecule has 0 bridgehead atoms. The molecule has 1 fully saturated rings. The third-order valence-corrected chi connectivity index (χ3v) is 8.44. The molecule has 1 aliphatic rings. The van der Waals surface area contributed by atoms with E-state index in [2.05, 4.69) is 4.98 Å². The number of anilines is 1. The van der Waals surface area contributed by atoms with Crippen molar-refractivity contribution >= 4 is 19.4 Å². The van der Waals surface area contributed by atoms with Crippen LogP contribution >= 0.6 is 7.60 Å². The number of nitrogen functional groups attached to an aromatic ring is 1. The summed E-state index contributed by atoms with van der Waals surface area (Å²) in [6.07, 6.45) is -4.16. The first-order valence-corrected chi connectivity index (χ1v) is 14.1. The first-order chi connectivity index (χ1) is 18.1. The number of aromatic nitrogens is 2. The minimum Gasteiger partial charge on any atom is -0.463 e. The number of alkyl halides is 1. The number of ether oxygens (including phenoxy) is 2. The number of esters is 1. The predicted octanol–water partition coefficient (Wildman–Crippen LogP) is 2.41. The van der Waals surface area contributed by atoms with Crippen molar-refractivity contribution in [2.45, 2.75) is 70.3 Å². The van der Waals surface area contributed by atoms with Crippen molar-refractivity contribution in [2.24, 2.45) is 11.7 Å².